The fourth-order valence-corrected chi connectivity index (χ4v) is 4.93. The van der Waals surface area contributed by atoms with Gasteiger partial charge in [0.05, 0.1) is 11.9 Å². The zero-order chi connectivity index (χ0) is 29.5. The van der Waals surface area contributed by atoms with Crippen LogP contribution in [0.15, 0.2) is 36.5 Å². The molecular weight excluding hydrogens is 527 g/mol. The molecule has 3 heterocycles. The zero-order valence-corrected chi connectivity index (χ0v) is 24.6. The Bertz CT molecular complexity index is 1440. The first-order valence-corrected chi connectivity index (χ1v) is 14.2. The lowest BCUT2D eigenvalue weighted by molar-refractivity contribution is 0.0206. The summed E-state index contributed by atoms with van der Waals surface area (Å²) in [5.74, 6) is 0.757. The molecule has 1 aliphatic heterocycles. The van der Waals surface area contributed by atoms with Crippen LogP contribution >= 0.6 is 0 Å². The van der Waals surface area contributed by atoms with Crippen LogP contribution in [0.3, 0.4) is 0 Å². The van der Waals surface area contributed by atoms with E-state index in [4.69, 9.17) is 14.5 Å². The number of fused-ring (bicyclic) bond motifs is 1. The lowest BCUT2D eigenvalue weighted by atomic mass is 10.1. The highest BCUT2D eigenvalue weighted by atomic mass is 19.1. The fourth-order valence-electron chi connectivity index (χ4n) is 4.93. The molecule has 0 spiro atoms. The van der Waals surface area contributed by atoms with E-state index < -0.39 is 23.1 Å². The standard InChI is InChI=1S/C30H39FN6O4/c1-29(2,3)40-27(38)35-14-8-10-21(18-35)33-24-16-25(37-26(34-24)23(17-32-37)19-12-13-19)36(28(39)41-30(4,5)6)22-11-7-9-20(31)15-22/h7,9,11,15-17,19,21H,8,10,12-14,18H2,1-6H3,(H,33,34)/t21-/m0/s1. The molecule has 1 saturated carbocycles. The van der Waals surface area contributed by atoms with Crippen molar-refractivity contribution in [2.45, 2.75) is 90.4 Å². The predicted molar refractivity (Wildman–Crippen MR) is 154 cm³/mol. The minimum Gasteiger partial charge on any atom is -0.444 e. The molecule has 2 aliphatic rings. The van der Waals surface area contributed by atoms with Gasteiger partial charge >= 0.3 is 12.2 Å². The number of likely N-dealkylation sites (tertiary alicyclic amines) is 1. The van der Waals surface area contributed by atoms with Crippen LogP contribution in [0, 0.1) is 5.82 Å². The largest absolute Gasteiger partial charge is 0.444 e. The monoisotopic (exact) mass is 566 g/mol. The first-order chi connectivity index (χ1) is 19.3. The van der Waals surface area contributed by atoms with Gasteiger partial charge in [0.1, 0.15) is 28.7 Å². The third kappa shape index (κ3) is 6.89. The number of ether oxygens (including phenoxy) is 2. The Balaban J connectivity index is 1.54. The van der Waals surface area contributed by atoms with Crippen molar-refractivity contribution in [2.75, 3.05) is 23.3 Å². The van der Waals surface area contributed by atoms with Crippen molar-refractivity contribution in [3.63, 3.8) is 0 Å². The second-order valence-corrected chi connectivity index (χ2v) is 12.8. The van der Waals surface area contributed by atoms with Crippen LogP contribution in [0.1, 0.15) is 78.7 Å². The Kier molecular flexibility index (Phi) is 7.56. The average Bonchev–Trinajstić information content (AvgIpc) is 3.61. The molecule has 1 N–H and O–H groups in total. The molecule has 220 valence electrons. The van der Waals surface area contributed by atoms with Gasteiger partial charge in [-0.15, -0.1) is 0 Å². The summed E-state index contributed by atoms with van der Waals surface area (Å²) in [5, 5.41) is 8.09. The highest BCUT2D eigenvalue weighted by Crippen LogP contribution is 2.43. The highest BCUT2D eigenvalue weighted by molar-refractivity contribution is 5.96. The van der Waals surface area contributed by atoms with Crippen LogP contribution in [0.4, 0.5) is 31.3 Å². The maximum absolute atomic E-state index is 14.4. The molecule has 0 bridgehead atoms. The number of nitrogens with one attached hydrogen (secondary N) is 1. The van der Waals surface area contributed by atoms with Crippen LogP contribution in [0.25, 0.3) is 5.65 Å². The van der Waals surface area contributed by atoms with E-state index in [1.54, 1.807) is 54.6 Å². The number of aromatic nitrogens is 3. The third-order valence-corrected chi connectivity index (χ3v) is 6.79. The molecule has 5 rings (SSSR count). The van der Waals surface area contributed by atoms with Crippen LogP contribution < -0.4 is 10.2 Å². The molecule has 0 radical (unpaired) electrons. The smallest absolute Gasteiger partial charge is 0.420 e. The summed E-state index contributed by atoms with van der Waals surface area (Å²) in [6.45, 7) is 12.0. The summed E-state index contributed by atoms with van der Waals surface area (Å²) >= 11 is 0. The molecule has 2 aromatic heterocycles. The van der Waals surface area contributed by atoms with E-state index in [2.05, 4.69) is 10.4 Å². The van der Waals surface area contributed by atoms with E-state index in [-0.39, 0.29) is 12.1 Å². The molecular formula is C30H39FN6O4. The number of anilines is 3. The molecule has 2 fully saturated rings. The number of nitrogens with zero attached hydrogens (tertiary/aromatic N) is 5. The van der Waals surface area contributed by atoms with Crippen LogP contribution in [0.2, 0.25) is 0 Å². The maximum Gasteiger partial charge on any atom is 0.420 e. The van der Waals surface area contributed by atoms with Gasteiger partial charge in [0, 0.05) is 30.8 Å². The van der Waals surface area contributed by atoms with Gasteiger partial charge in [0.15, 0.2) is 5.65 Å². The molecule has 2 amide bonds. The number of benzene rings is 1. The number of hydrogen-bond acceptors (Lipinski definition) is 7. The summed E-state index contributed by atoms with van der Waals surface area (Å²) in [6.07, 6.45) is 4.50. The number of hydrogen-bond donors (Lipinski definition) is 1. The average molecular weight is 567 g/mol. The normalized spacial score (nSPS) is 17.8. The predicted octanol–water partition coefficient (Wildman–Crippen LogP) is 6.63. The van der Waals surface area contributed by atoms with Gasteiger partial charge < -0.3 is 19.7 Å². The van der Waals surface area contributed by atoms with Gasteiger partial charge in [-0.1, -0.05) is 6.07 Å². The third-order valence-electron chi connectivity index (χ3n) is 6.79. The minimum atomic E-state index is -0.785. The quantitative estimate of drug-likeness (QED) is 0.370. The minimum absolute atomic E-state index is 0.0875. The molecule has 1 aromatic carbocycles. The molecule has 41 heavy (non-hydrogen) atoms. The Morgan fingerprint density at radius 3 is 2.44 bits per heavy atom. The molecule has 1 aliphatic carbocycles. The SMILES string of the molecule is CC(C)(C)OC(=O)N1CCC[C@H](Nc2cc(N(C(=O)OC(C)(C)C)c3cccc(F)c3)n3ncc(C4CC4)c3n2)C1. The van der Waals surface area contributed by atoms with E-state index in [1.165, 1.54) is 17.0 Å². The molecule has 1 saturated heterocycles. The van der Waals surface area contributed by atoms with E-state index in [0.717, 1.165) is 31.2 Å². The molecule has 1 atom stereocenters. The van der Waals surface area contributed by atoms with Gasteiger partial charge in [-0.3, -0.25) is 0 Å². The maximum atomic E-state index is 14.4. The Morgan fingerprint density at radius 2 is 1.78 bits per heavy atom. The van der Waals surface area contributed by atoms with Crippen molar-refractivity contribution < 1.29 is 23.5 Å². The summed E-state index contributed by atoms with van der Waals surface area (Å²) in [7, 11) is 0. The van der Waals surface area contributed by atoms with Crippen LogP contribution in [0.5, 0.6) is 0 Å². The van der Waals surface area contributed by atoms with Crippen molar-refractivity contribution in [1.29, 1.82) is 0 Å². The number of halogens is 1. The van der Waals surface area contributed by atoms with Crippen molar-refractivity contribution in [3.05, 3.63) is 47.9 Å². The number of amides is 2. The molecule has 3 aromatic rings. The summed E-state index contributed by atoms with van der Waals surface area (Å²) in [4.78, 5) is 34.3. The topological polar surface area (TPSA) is 101 Å². The number of piperidine rings is 1. The van der Waals surface area contributed by atoms with E-state index in [0.29, 0.717) is 42.0 Å². The van der Waals surface area contributed by atoms with E-state index in [1.807, 2.05) is 20.8 Å². The van der Waals surface area contributed by atoms with Gasteiger partial charge in [-0.2, -0.15) is 9.61 Å². The summed E-state index contributed by atoms with van der Waals surface area (Å²) in [5.41, 5.74) is 0.554. The lowest BCUT2D eigenvalue weighted by Gasteiger charge is -2.34. The van der Waals surface area contributed by atoms with Gasteiger partial charge in [0.25, 0.3) is 0 Å². The van der Waals surface area contributed by atoms with Crippen molar-refractivity contribution >= 4 is 35.2 Å². The fraction of sp³-hybridized carbons (Fsp3) is 0.533. The summed E-state index contributed by atoms with van der Waals surface area (Å²) < 4.78 is 27.4. The van der Waals surface area contributed by atoms with E-state index in [9.17, 15) is 14.0 Å². The van der Waals surface area contributed by atoms with Gasteiger partial charge in [-0.05, 0) is 91.3 Å². The number of carbonyl (C=O) groups excluding carboxylic acids is 2. The van der Waals surface area contributed by atoms with Crippen LogP contribution in [-0.2, 0) is 9.47 Å². The second kappa shape index (κ2) is 10.8. The molecule has 11 heteroatoms. The lowest BCUT2D eigenvalue weighted by Crippen LogP contribution is -2.47. The summed E-state index contributed by atoms with van der Waals surface area (Å²) in [6, 6.07) is 7.44. The first-order valence-electron chi connectivity index (χ1n) is 14.2. The Morgan fingerprint density at radius 1 is 1.05 bits per heavy atom. The van der Waals surface area contributed by atoms with Crippen molar-refractivity contribution in [3.8, 4) is 0 Å². The van der Waals surface area contributed by atoms with Gasteiger partial charge in [0.2, 0.25) is 0 Å². The number of carbonyl (C=O) groups is 2. The Hall–Kier alpha value is -3.89. The Labute approximate surface area is 239 Å². The highest BCUT2D eigenvalue weighted by Gasteiger charge is 2.33. The molecule has 0 unspecified atom stereocenters. The first kappa shape index (κ1) is 28.6. The van der Waals surface area contributed by atoms with Gasteiger partial charge in [-0.25, -0.2) is 23.9 Å². The van der Waals surface area contributed by atoms with Crippen molar-refractivity contribution in [1.82, 2.24) is 19.5 Å². The van der Waals surface area contributed by atoms with E-state index >= 15 is 0 Å². The van der Waals surface area contributed by atoms with Crippen molar-refractivity contribution in [2.24, 2.45) is 0 Å². The molecule has 10 nitrogen and oxygen atoms in total. The second-order valence-electron chi connectivity index (χ2n) is 12.8. The number of rotatable bonds is 5. The zero-order valence-electron chi connectivity index (χ0n) is 24.6. The van der Waals surface area contributed by atoms with Crippen LogP contribution in [-0.4, -0.2) is 62.0 Å².